The highest BCUT2D eigenvalue weighted by molar-refractivity contribution is 5.85. The van der Waals surface area contributed by atoms with E-state index in [1.54, 1.807) is 11.9 Å². The van der Waals surface area contributed by atoms with Crippen LogP contribution in [0.15, 0.2) is 0 Å². The fourth-order valence-electron chi connectivity index (χ4n) is 1.65. The van der Waals surface area contributed by atoms with Gasteiger partial charge in [-0.2, -0.15) is 0 Å². The van der Waals surface area contributed by atoms with E-state index in [0.29, 0.717) is 6.04 Å². The van der Waals surface area contributed by atoms with E-state index in [2.05, 4.69) is 0 Å². The summed E-state index contributed by atoms with van der Waals surface area (Å²) in [7, 11) is 1.79. The van der Waals surface area contributed by atoms with Crippen LogP contribution in [0.5, 0.6) is 0 Å². The predicted octanol–water partition coefficient (Wildman–Crippen LogP) is 1.75. The van der Waals surface area contributed by atoms with Gasteiger partial charge in [0.25, 0.3) is 0 Å². The number of primary amides is 1. The predicted molar refractivity (Wildman–Crippen MR) is 51.5 cm³/mol. The number of carbonyl (C=O) groups is 1. The Balaban J connectivity index is 0.00000121. The normalized spacial score (nSPS) is 18.1. The van der Waals surface area contributed by atoms with E-state index in [9.17, 15) is 4.79 Å². The number of urea groups is 1. The number of carbonyl (C=O) groups excluding carboxylic acids is 1. The molecule has 12 heavy (non-hydrogen) atoms. The molecule has 1 fully saturated rings. The van der Waals surface area contributed by atoms with Gasteiger partial charge in [0.15, 0.2) is 0 Å². The van der Waals surface area contributed by atoms with E-state index in [1.165, 1.54) is 19.3 Å². The van der Waals surface area contributed by atoms with Crippen LogP contribution in [0.1, 0.15) is 32.1 Å². The minimum absolute atomic E-state index is 0. The summed E-state index contributed by atoms with van der Waals surface area (Å²) in [6, 6.07) is 0.109. The maximum absolute atomic E-state index is 10.7. The Labute approximate surface area is 79.7 Å². The lowest BCUT2D eigenvalue weighted by atomic mass is 9.95. The van der Waals surface area contributed by atoms with Crippen LogP contribution in [0, 0.1) is 0 Å². The van der Waals surface area contributed by atoms with Gasteiger partial charge in [-0.15, -0.1) is 12.4 Å². The van der Waals surface area contributed by atoms with E-state index in [1.807, 2.05) is 0 Å². The number of rotatable bonds is 1. The van der Waals surface area contributed by atoms with Crippen molar-refractivity contribution in [3.8, 4) is 0 Å². The molecule has 0 aromatic rings. The number of hydrogen-bond acceptors (Lipinski definition) is 1. The topological polar surface area (TPSA) is 46.3 Å². The van der Waals surface area contributed by atoms with Crippen molar-refractivity contribution in [2.24, 2.45) is 5.73 Å². The molecule has 2 N–H and O–H groups in total. The third-order valence-corrected chi connectivity index (χ3v) is 2.47. The third kappa shape index (κ3) is 2.89. The van der Waals surface area contributed by atoms with Gasteiger partial charge in [-0.25, -0.2) is 4.79 Å². The number of halogens is 1. The molecule has 0 atom stereocenters. The first-order valence-corrected chi connectivity index (χ1v) is 4.24. The first-order chi connectivity index (χ1) is 5.22. The molecule has 0 unspecified atom stereocenters. The number of nitrogens with two attached hydrogens (primary N) is 1. The first-order valence-electron chi connectivity index (χ1n) is 4.24. The zero-order chi connectivity index (χ0) is 8.27. The molecule has 3 nitrogen and oxygen atoms in total. The van der Waals surface area contributed by atoms with Gasteiger partial charge in [-0.3, -0.25) is 0 Å². The fourth-order valence-corrected chi connectivity index (χ4v) is 1.65. The number of amides is 2. The molecular formula is C8H17ClN2O. The second-order valence-electron chi connectivity index (χ2n) is 3.24. The molecular weight excluding hydrogens is 176 g/mol. The molecule has 0 heterocycles. The smallest absolute Gasteiger partial charge is 0.314 e. The molecule has 1 rings (SSSR count). The molecule has 1 saturated carbocycles. The van der Waals surface area contributed by atoms with Gasteiger partial charge in [0.2, 0.25) is 0 Å². The zero-order valence-electron chi connectivity index (χ0n) is 7.45. The Bertz CT molecular complexity index is 146. The summed E-state index contributed by atoms with van der Waals surface area (Å²) < 4.78 is 0. The van der Waals surface area contributed by atoms with Crippen LogP contribution in [-0.2, 0) is 0 Å². The molecule has 1 aliphatic carbocycles. The van der Waals surface area contributed by atoms with Crippen LogP contribution in [-0.4, -0.2) is 24.0 Å². The molecule has 0 spiro atoms. The highest BCUT2D eigenvalue weighted by Gasteiger charge is 2.19. The molecule has 2 amide bonds. The summed E-state index contributed by atoms with van der Waals surface area (Å²) in [5.74, 6) is 0. The van der Waals surface area contributed by atoms with Crippen LogP contribution in [0.3, 0.4) is 0 Å². The standard InChI is InChI=1S/C8H16N2O.ClH/c1-10(8(9)11)7-5-3-2-4-6-7;/h7H,2-6H2,1H3,(H2,9,11);1H. The van der Waals surface area contributed by atoms with Gasteiger partial charge in [-0.05, 0) is 12.8 Å². The SMILES string of the molecule is CN(C(N)=O)C1CCCCC1.Cl. The minimum atomic E-state index is -0.295. The third-order valence-electron chi connectivity index (χ3n) is 2.47. The Morgan fingerprint density at radius 3 is 2.25 bits per heavy atom. The van der Waals surface area contributed by atoms with Gasteiger partial charge in [0, 0.05) is 13.1 Å². The second kappa shape index (κ2) is 5.25. The molecule has 0 radical (unpaired) electrons. The first kappa shape index (κ1) is 11.6. The van der Waals surface area contributed by atoms with Gasteiger partial charge in [-0.1, -0.05) is 19.3 Å². The van der Waals surface area contributed by atoms with Crippen molar-refractivity contribution < 1.29 is 4.79 Å². The Hall–Kier alpha value is -0.440. The van der Waals surface area contributed by atoms with Crippen molar-refractivity contribution in [3.05, 3.63) is 0 Å². The maximum Gasteiger partial charge on any atom is 0.314 e. The summed E-state index contributed by atoms with van der Waals surface area (Å²) in [6.07, 6.45) is 6.03. The second-order valence-corrected chi connectivity index (χ2v) is 3.24. The van der Waals surface area contributed by atoms with Crippen LogP contribution < -0.4 is 5.73 Å². The number of hydrogen-bond donors (Lipinski definition) is 1. The molecule has 1 aliphatic rings. The molecule has 72 valence electrons. The molecule has 0 aliphatic heterocycles. The summed E-state index contributed by atoms with van der Waals surface area (Å²) in [5.41, 5.74) is 5.15. The summed E-state index contributed by atoms with van der Waals surface area (Å²) in [5, 5.41) is 0. The van der Waals surface area contributed by atoms with Crippen molar-refractivity contribution in [3.63, 3.8) is 0 Å². The molecule has 4 heteroatoms. The lowest BCUT2D eigenvalue weighted by Gasteiger charge is -2.29. The summed E-state index contributed by atoms with van der Waals surface area (Å²) in [4.78, 5) is 12.4. The van der Waals surface area contributed by atoms with Gasteiger partial charge in [0.05, 0.1) is 0 Å². The van der Waals surface area contributed by atoms with E-state index in [4.69, 9.17) is 5.73 Å². The van der Waals surface area contributed by atoms with Gasteiger partial charge in [0.1, 0.15) is 0 Å². The van der Waals surface area contributed by atoms with E-state index in [0.717, 1.165) is 12.8 Å². The molecule has 0 aromatic heterocycles. The van der Waals surface area contributed by atoms with Crippen LogP contribution in [0.2, 0.25) is 0 Å². The number of nitrogens with zero attached hydrogens (tertiary/aromatic N) is 1. The average Bonchev–Trinajstić information content (AvgIpc) is 2.05. The maximum atomic E-state index is 10.7. The van der Waals surface area contributed by atoms with Gasteiger partial charge < -0.3 is 10.6 Å². The minimum Gasteiger partial charge on any atom is -0.351 e. The van der Waals surface area contributed by atoms with Crippen LogP contribution in [0.4, 0.5) is 4.79 Å². The molecule has 0 saturated heterocycles. The van der Waals surface area contributed by atoms with Gasteiger partial charge >= 0.3 is 6.03 Å². The summed E-state index contributed by atoms with van der Waals surface area (Å²) >= 11 is 0. The van der Waals surface area contributed by atoms with Crippen molar-refractivity contribution in [1.29, 1.82) is 0 Å². The fraction of sp³-hybridized carbons (Fsp3) is 0.875. The van der Waals surface area contributed by atoms with Crippen molar-refractivity contribution in [2.45, 2.75) is 38.1 Å². The van der Waals surface area contributed by atoms with Crippen LogP contribution in [0.25, 0.3) is 0 Å². The molecule has 0 bridgehead atoms. The largest absolute Gasteiger partial charge is 0.351 e. The van der Waals surface area contributed by atoms with Crippen LogP contribution >= 0.6 is 12.4 Å². The highest BCUT2D eigenvalue weighted by atomic mass is 35.5. The lowest BCUT2D eigenvalue weighted by molar-refractivity contribution is 0.182. The van der Waals surface area contributed by atoms with Crippen molar-refractivity contribution in [1.82, 2.24) is 4.90 Å². The zero-order valence-corrected chi connectivity index (χ0v) is 8.27. The quantitative estimate of drug-likeness (QED) is 0.676. The summed E-state index contributed by atoms with van der Waals surface area (Å²) in [6.45, 7) is 0. The Kier molecular flexibility index (Phi) is 5.06. The van der Waals surface area contributed by atoms with Crippen molar-refractivity contribution in [2.75, 3.05) is 7.05 Å². The Morgan fingerprint density at radius 2 is 1.83 bits per heavy atom. The van der Waals surface area contributed by atoms with E-state index < -0.39 is 0 Å². The lowest BCUT2D eigenvalue weighted by Crippen LogP contribution is -2.41. The van der Waals surface area contributed by atoms with Crippen molar-refractivity contribution >= 4 is 18.4 Å². The monoisotopic (exact) mass is 192 g/mol. The van der Waals surface area contributed by atoms with E-state index >= 15 is 0 Å². The highest BCUT2D eigenvalue weighted by Crippen LogP contribution is 2.21. The average molecular weight is 193 g/mol. The Morgan fingerprint density at radius 1 is 1.33 bits per heavy atom. The van der Waals surface area contributed by atoms with E-state index in [-0.39, 0.29) is 18.4 Å². The molecule has 0 aromatic carbocycles.